The van der Waals surface area contributed by atoms with Crippen molar-refractivity contribution in [3.8, 4) is 0 Å². The van der Waals surface area contributed by atoms with Crippen LogP contribution in [-0.2, 0) is 9.53 Å². The van der Waals surface area contributed by atoms with E-state index in [9.17, 15) is 9.18 Å². The van der Waals surface area contributed by atoms with Crippen molar-refractivity contribution in [2.75, 3.05) is 26.7 Å². The number of rotatable bonds is 3. The maximum absolute atomic E-state index is 13.0. The Balaban J connectivity index is 2.21. The Labute approximate surface area is 113 Å². The van der Waals surface area contributed by atoms with Crippen LogP contribution in [0.2, 0.25) is 0 Å². The molecule has 0 bridgehead atoms. The summed E-state index contributed by atoms with van der Waals surface area (Å²) in [4.78, 5) is 14.2. The number of esters is 1. The zero-order chi connectivity index (χ0) is 13.8. The van der Waals surface area contributed by atoms with E-state index in [-0.39, 0.29) is 23.6 Å². The number of halogens is 1. The third kappa shape index (κ3) is 3.32. The molecular weight excluding hydrogens is 245 g/mol. The zero-order valence-electron chi connectivity index (χ0n) is 11.4. The van der Waals surface area contributed by atoms with Crippen LogP contribution in [0.25, 0.3) is 0 Å². The van der Waals surface area contributed by atoms with Crippen LogP contribution in [-0.4, -0.2) is 37.6 Å². The largest absolute Gasteiger partial charge is 0.466 e. The van der Waals surface area contributed by atoms with E-state index in [0.29, 0.717) is 6.61 Å². The highest BCUT2D eigenvalue weighted by Crippen LogP contribution is 2.33. The number of carbonyl (C=O) groups is 1. The molecule has 0 spiro atoms. The molecule has 1 aliphatic heterocycles. The highest BCUT2D eigenvalue weighted by molar-refractivity contribution is 5.74. The summed E-state index contributed by atoms with van der Waals surface area (Å²) >= 11 is 0. The molecule has 3 nitrogen and oxygen atoms in total. The maximum Gasteiger partial charge on any atom is 0.309 e. The lowest BCUT2D eigenvalue weighted by atomic mass is 9.81. The van der Waals surface area contributed by atoms with Gasteiger partial charge in [-0.2, -0.15) is 0 Å². The Morgan fingerprint density at radius 1 is 1.42 bits per heavy atom. The van der Waals surface area contributed by atoms with E-state index in [4.69, 9.17) is 4.74 Å². The highest BCUT2D eigenvalue weighted by Gasteiger charge is 2.34. The van der Waals surface area contributed by atoms with Crippen LogP contribution < -0.4 is 0 Å². The van der Waals surface area contributed by atoms with Crippen LogP contribution in [0.15, 0.2) is 24.3 Å². The maximum atomic E-state index is 13.0. The lowest BCUT2D eigenvalue weighted by molar-refractivity contribution is -0.150. The lowest BCUT2D eigenvalue weighted by Gasteiger charge is -2.35. The number of likely N-dealkylation sites (tertiary alicyclic amines) is 1. The monoisotopic (exact) mass is 265 g/mol. The van der Waals surface area contributed by atoms with Gasteiger partial charge in [0.15, 0.2) is 0 Å². The van der Waals surface area contributed by atoms with E-state index in [1.54, 1.807) is 12.1 Å². The van der Waals surface area contributed by atoms with Crippen molar-refractivity contribution in [2.24, 2.45) is 5.92 Å². The van der Waals surface area contributed by atoms with Crippen molar-refractivity contribution in [3.05, 3.63) is 35.6 Å². The first-order valence-electron chi connectivity index (χ1n) is 6.72. The first kappa shape index (κ1) is 14.0. The minimum absolute atomic E-state index is 0.0819. The van der Waals surface area contributed by atoms with E-state index in [0.717, 1.165) is 25.1 Å². The van der Waals surface area contributed by atoms with Gasteiger partial charge in [0, 0.05) is 12.5 Å². The molecule has 0 radical (unpaired) electrons. The molecule has 0 saturated carbocycles. The first-order chi connectivity index (χ1) is 9.11. The molecule has 2 rings (SSSR count). The number of benzene rings is 1. The van der Waals surface area contributed by atoms with Crippen molar-refractivity contribution in [1.29, 1.82) is 0 Å². The summed E-state index contributed by atoms with van der Waals surface area (Å²) in [5, 5.41) is 0. The minimum Gasteiger partial charge on any atom is -0.466 e. The fourth-order valence-corrected chi connectivity index (χ4v) is 2.69. The van der Waals surface area contributed by atoms with Gasteiger partial charge in [-0.3, -0.25) is 4.79 Å². The van der Waals surface area contributed by atoms with E-state index in [1.807, 2.05) is 14.0 Å². The summed E-state index contributed by atoms with van der Waals surface area (Å²) in [5.74, 6) is -0.425. The summed E-state index contributed by atoms with van der Waals surface area (Å²) < 4.78 is 18.2. The molecule has 0 aliphatic carbocycles. The van der Waals surface area contributed by atoms with Crippen LogP contribution in [0.4, 0.5) is 4.39 Å². The quantitative estimate of drug-likeness (QED) is 0.786. The Morgan fingerprint density at radius 2 is 2.11 bits per heavy atom. The predicted molar refractivity (Wildman–Crippen MR) is 71.4 cm³/mol. The second-order valence-corrected chi connectivity index (χ2v) is 5.07. The molecular formula is C15H20FNO2. The first-order valence-corrected chi connectivity index (χ1v) is 6.72. The van der Waals surface area contributed by atoms with Crippen LogP contribution in [0.3, 0.4) is 0 Å². The predicted octanol–water partition coefficient (Wildman–Crippen LogP) is 2.42. The summed E-state index contributed by atoms with van der Waals surface area (Å²) in [6.07, 6.45) is 0.789. The lowest BCUT2D eigenvalue weighted by Crippen LogP contribution is -2.40. The van der Waals surface area contributed by atoms with Crippen LogP contribution in [0, 0.1) is 11.7 Å². The molecule has 1 aromatic rings. The van der Waals surface area contributed by atoms with Crippen molar-refractivity contribution >= 4 is 5.97 Å². The summed E-state index contributed by atoms with van der Waals surface area (Å²) in [6, 6.07) is 6.44. The van der Waals surface area contributed by atoms with Gasteiger partial charge in [0.25, 0.3) is 0 Å². The topological polar surface area (TPSA) is 29.5 Å². The molecule has 1 aromatic carbocycles. The Morgan fingerprint density at radius 3 is 2.74 bits per heavy atom. The Hall–Kier alpha value is -1.42. The Kier molecular flexibility index (Phi) is 4.53. The van der Waals surface area contributed by atoms with Gasteiger partial charge < -0.3 is 9.64 Å². The van der Waals surface area contributed by atoms with E-state index in [1.165, 1.54) is 12.1 Å². The second-order valence-electron chi connectivity index (χ2n) is 5.07. The average molecular weight is 265 g/mol. The Bertz CT molecular complexity index is 432. The van der Waals surface area contributed by atoms with Gasteiger partial charge in [0.2, 0.25) is 0 Å². The number of hydrogen-bond acceptors (Lipinski definition) is 3. The van der Waals surface area contributed by atoms with Crippen molar-refractivity contribution in [2.45, 2.75) is 19.3 Å². The molecule has 1 heterocycles. The molecule has 2 unspecified atom stereocenters. The molecule has 0 amide bonds. The molecule has 1 aliphatic rings. The summed E-state index contributed by atoms with van der Waals surface area (Å²) in [5.41, 5.74) is 1.01. The summed E-state index contributed by atoms with van der Waals surface area (Å²) in [7, 11) is 2.04. The fourth-order valence-electron chi connectivity index (χ4n) is 2.69. The number of ether oxygens (including phenoxy) is 1. The molecule has 0 N–H and O–H groups in total. The standard InChI is InChI=1S/C15H20FNO2/c1-3-19-15(18)13-8-9-17(2)10-14(13)11-4-6-12(16)7-5-11/h4-7,13-14H,3,8-10H2,1-2H3. The number of nitrogens with zero attached hydrogens (tertiary/aromatic N) is 1. The number of likely N-dealkylation sites (N-methyl/N-ethyl adjacent to an activating group) is 1. The van der Waals surface area contributed by atoms with Crippen LogP contribution >= 0.6 is 0 Å². The van der Waals surface area contributed by atoms with Gasteiger partial charge in [-0.05, 0) is 44.6 Å². The average Bonchev–Trinajstić information content (AvgIpc) is 2.39. The molecule has 0 aromatic heterocycles. The molecule has 1 saturated heterocycles. The third-order valence-corrected chi connectivity index (χ3v) is 3.70. The normalized spacial score (nSPS) is 24.2. The molecule has 1 fully saturated rings. The highest BCUT2D eigenvalue weighted by atomic mass is 19.1. The van der Waals surface area contributed by atoms with Gasteiger partial charge >= 0.3 is 5.97 Å². The number of carbonyl (C=O) groups excluding carboxylic acids is 1. The number of piperidine rings is 1. The van der Waals surface area contributed by atoms with Gasteiger partial charge in [0.1, 0.15) is 5.82 Å². The van der Waals surface area contributed by atoms with Crippen molar-refractivity contribution < 1.29 is 13.9 Å². The van der Waals surface area contributed by atoms with E-state index >= 15 is 0 Å². The third-order valence-electron chi connectivity index (χ3n) is 3.70. The SMILES string of the molecule is CCOC(=O)C1CCN(C)CC1c1ccc(F)cc1. The van der Waals surface area contributed by atoms with Crippen LogP contribution in [0.5, 0.6) is 0 Å². The molecule has 4 heteroatoms. The van der Waals surface area contributed by atoms with Crippen molar-refractivity contribution in [1.82, 2.24) is 4.90 Å². The second kappa shape index (κ2) is 6.15. The minimum atomic E-state index is -0.249. The van der Waals surface area contributed by atoms with Gasteiger partial charge in [-0.1, -0.05) is 12.1 Å². The van der Waals surface area contributed by atoms with Crippen LogP contribution in [0.1, 0.15) is 24.8 Å². The van der Waals surface area contributed by atoms with Crippen molar-refractivity contribution in [3.63, 3.8) is 0 Å². The molecule has 2 atom stereocenters. The zero-order valence-corrected chi connectivity index (χ0v) is 11.4. The number of hydrogen-bond donors (Lipinski definition) is 0. The van der Waals surface area contributed by atoms with E-state index < -0.39 is 0 Å². The molecule has 19 heavy (non-hydrogen) atoms. The fraction of sp³-hybridized carbons (Fsp3) is 0.533. The smallest absolute Gasteiger partial charge is 0.309 e. The summed E-state index contributed by atoms with van der Waals surface area (Å²) in [6.45, 7) is 3.91. The van der Waals surface area contributed by atoms with Gasteiger partial charge in [-0.15, -0.1) is 0 Å². The van der Waals surface area contributed by atoms with Gasteiger partial charge in [0.05, 0.1) is 12.5 Å². The molecule has 104 valence electrons. The van der Waals surface area contributed by atoms with Gasteiger partial charge in [-0.25, -0.2) is 4.39 Å². The van der Waals surface area contributed by atoms with E-state index in [2.05, 4.69) is 4.90 Å².